The third-order valence-electron chi connectivity index (χ3n) is 1.96. The summed E-state index contributed by atoms with van der Waals surface area (Å²) < 4.78 is 61.7. The molecule has 0 unspecified atom stereocenters. The van der Waals surface area contributed by atoms with Gasteiger partial charge in [-0.3, -0.25) is 4.72 Å². The number of hydrogen-bond donors (Lipinski definition) is 1. The fourth-order valence-electron chi connectivity index (χ4n) is 1.20. The standard InChI is InChI=1S/C9H9ClF3NO2S/c1-6-2-3-7(14-17(15,16)5-10)4-8(6)9(11,12)13/h2-4,14H,5H2,1H3. The van der Waals surface area contributed by atoms with Crippen LogP contribution in [0.1, 0.15) is 11.1 Å². The lowest BCUT2D eigenvalue weighted by atomic mass is 10.1. The van der Waals surface area contributed by atoms with Gasteiger partial charge in [0.2, 0.25) is 10.0 Å². The summed E-state index contributed by atoms with van der Waals surface area (Å²) in [6.45, 7) is 1.29. The van der Waals surface area contributed by atoms with Crippen molar-refractivity contribution in [3.63, 3.8) is 0 Å². The van der Waals surface area contributed by atoms with E-state index in [0.29, 0.717) is 0 Å². The predicted molar refractivity (Wildman–Crippen MR) is 59.4 cm³/mol. The summed E-state index contributed by atoms with van der Waals surface area (Å²) in [4.78, 5) is 0. The molecular formula is C9H9ClF3NO2S. The zero-order valence-corrected chi connectivity index (χ0v) is 10.2. The summed E-state index contributed by atoms with van der Waals surface area (Å²) in [7, 11) is -3.80. The van der Waals surface area contributed by atoms with Gasteiger partial charge >= 0.3 is 6.18 Å². The Balaban J connectivity index is 3.14. The van der Waals surface area contributed by atoms with Gasteiger partial charge in [-0.2, -0.15) is 13.2 Å². The molecule has 0 atom stereocenters. The zero-order chi connectivity index (χ0) is 13.3. The molecule has 0 saturated carbocycles. The number of nitrogens with one attached hydrogen (secondary N) is 1. The van der Waals surface area contributed by atoms with E-state index < -0.39 is 27.0 Å². The van der Waals surface area contributed by atoms with Crippen LogP contribution >= 0.6 is 11.6 Å². The fraction of sp³-hybridized carbons (Fsp3) is 0.333. The third-order valence-corrected chi connectivity index (χ3v) is 3.66. The summed E-state index contributed by atoms with van der Waals surface area (Å²) in [5.41, 5.74) is -1.03. The summed E-state index contributed by atoms with van der Waals surface area (Å²) in [5.74, 6) is 0. The predicted octanol–water partition coefficient (Wildman–Crippen LogP) is 2.95. The molecule has 1 aromatic carbocycles. The van der Waals surface area contributed by atoms with Gasteiger partial charge in [-0.15, -0.1) is 11.6 Å². The molecule has 0 amide bonds. The van der Waals surface area contributed by atoms with Crippen LogP contribution in [0.25, 0.3) is 0 Å². The smallest absolute Gasteiger partial charge is 0.283 e. The largest absolute Gasteiger partial charge is 0.416 e. The highest BCUT2D eigenvalue weighted by molar-refractivity contribution is 7.93. The molecule has 0 bridgehead atoms. The first-order chi connectivity index (χ1) is 7.65. The van der Waals surface area contributed by atoms with Gasteiger partial charge in [0.15, 0.2) is 0 Å². The van der Waals surface area contributed by atoms with E-state index in [1.165, 1.54) is 19.1 Å². The Morgan fingerprint density at radius 2 is 1.94 bits per heavy atom. The second-order valence-corrected chi connectivity index (χ2v) is 5.66. The minimum absolute atomic E-state index is 0.0197. The first kappa shape index (κ1) is 14.1. The molecule has 1 aromatic rings. The van der Waals surface area contributed by atoms with Crippen LogP contribution < -0.4 is 4.72 Å². The van der Waals surface area contributed by atoms with E-state index in [1.54, 1.807) is 0 Å². The fourth-order valence-corrected chi connectivity index (χ4v) is 1.90. The van der Waals surface area contributed by atoms with Crippen LogP contribution in [-0.2, 0) is 16.2 Å². The van der Waals surface area contributed by atoms with Crippen molar-refractivity contribution in [2.24, 2.45) is 0 Å². The molecule has 0 aromatic heterocycles. The number of sulfonamides is 1. The highest BCUT2D eigenvalue weighted by Gasteiger charge is 2.32. The summed E-state index contributed by atoms with van der Waals surface area (Å²) in [6, 6.07) is 3.17. The van der Waals surface area contributed by atoms with Gasteiger partial charge in [-0.05, 0) is 24.6 Å². The van der Waals surface area contributed by atoms with Crippen molar-refractivity contribution in [2.75, 3.05) is 9.93 Å². The van der Waals surface area contributed by atoms with E-state index in [4.69, 9.17) is 11.6 Å². The van der Waals surface area contributed by atoms with Crippen molar-refractivity contribution in [1.82, 2.24) is 0 Å². The molecule has 0 spiro atoms. The van der Waals surface area contributed by atoms with Crippen LogP contribution in [0.3, 0.4) is 0 Å². The molecule has 0 saturated heterocycles. The van der Waals surface area contributed by atoms with E-state index in [2.05, 4.69) is 0 Å². The zero-order valence-electron chi connectivity index (χ0n) is 8.68. The molecule has 0 heterocycles. The average Bonchev–Trinajstić information content (AvgIpc) is 2.19. The minimum atomic E-state index is -4.52. The SMILES string of the molecule is Cc1ccc(NS(=O)(=O)CCl)cc1C(F)(F)F. The highest BCUT2D eigenvalue weighted by atomic mass is 35.5. The molecular weight excluding hydrogens is 279 g/mol. The lowest BCUT2D eigenvalue weighted by Crippen LogP contribution is -2.15. The summed E-state index contributed by atoms with van der Waals surface area (Å²) >= 11 is 5.13. The molecule has 96 valence electrons. The Bertz CT molecular complexity index is 513. The van der Waals surface area contributed by atoms with E-state index in [-0.39, 0.29) is 11.3 Å². The van der Waals surface area contributed by atoms with Crippen LogP contribution in [0.15, 0.2) is 18.2 Å². The van der Waals surface area contributed by atoms with Crippen molar-refractivity contribution in [1.29, 1.82) is 0 Å². The van der Waals surface area contributed by atoms with Crippen molar-refractivity contribution >= 4 is 27.3 Å². The number of benzene rings is 1. The van der Waals surface area contributed by atoms with Crippen molar-refractivity contribution in [3.8, 4) is 0 Å². The van der Waals surface area contributed by atoms with E-state index in [9.17, 15) is 21.6 Å². The number of aryl methyl sites for hydroxylation is 1. The second-order valence-electron chi connectivity index (χ2n) is 3.35. The highest BCUT2D eigenvalue weighted by Crippen LogP contribution is 2.33. The quantitative estimate of drug-likeness (QED) is 0.869. The van der Waals surface area contributed by atoms with Gasteiger partial charge in [0.25, 0.3) is 0 Å². The molecule has 0 aliphatic rings. The first-order valence-corrected chi connectivity index (χ1v) is 6.59. The summed E-state index contributed by atoms with van der Waals surface area (Å²) in [5, 5.41) is -0.720. The van der Waals surface area contributed by atoms with Gasteiger partial charge in [0, 0.05) is 5.69 Å². The maximum absolute atomic E-state index is 12.5. The minimum Gasteiger partial charge on any atom is -0.283 e. The maximum Gasteiger partial charge on any atom is 0.416 e. The Morgan fingerprint density at radius 1 is 1.35 bits per heavy atom. The van der Waals surface area contributed by atoms with Gasteiger partial charge in [0.05, 0.1) is 5.56 Å². The van der Waals surface area contributed by atoms with Crippen LogP contribution in [0, 0.1) is 6.92 Å². The number of halogens is 4. The van der Waals surface area contributed by atoms with Crippen LogP contribution in [0.2, 0.25) is 0 Å². The van der Waals surface area contributed by atoms with E-state index in [1.807, 2.05) is 4.72 Å². The number of alkyl halides is 4. The molecule has 3 nitrogen and oxygen atoms in total. The lowest BCUT2D eigenvalue weighted by molar-refractivity contribution is -0.138. The van der Waals surface area contributed by atoms with E-state index >= 15 is 0 Å². The Labute approximate surface area is 102 Å². The lowest BCUT2D eigenvalue weighted by Gasteiger charge is -2.12. The van der Waals surface area contributed by atoms with Crippen molar-refractivity contribution in [3.05, 3.63) is 29.3 Å². The van der Waals surface area contributed by atoms with Crippen molar-refractivity contribution in [2.45, 2.75) is 13.1 Å². The van der Waals surface area contributed by atoms with Gasteiger partial charge in [-0.1, -0.05) is 6.07 Å². The molecule has 17 heavy (non-hydrogen) atoms. The molecule has 0 aliphatic carbocycles. The normalized spacial score (nSPS) is 12.5. The molecule has 1 N–H and O–H groups in total. The number of anilines is 1. The van der Waals surface area contributed by atoms with Crippen LogP contribution in [0.5, 0.6) is 0 Å². The Kier molecular flexibility index (Phi) is 3.93. The van der Waals surface area contributed by atoms with Gasteiger partial charge < -0.3 is 0 Å². The molecule has 8 heteroatoms. The van der Waals surface area contributed by atoms with Gasteiger partial charge in [-0.25, -0.2) is 8.42 Å². The van der Waals surface area contributed by atoms with Crippen LogP contribution in [0.4, 0.5) is 18.9 Å². The van der Waals surface area contributed by atoms with E-state index in [0.717, 1.165) is 6.07 Å². The number of rotatable bonds is 3. The third kappa shape index (κ3) is 3.78. The monoisotopic (exact) mass is 287 g/mol. The molecule has 0 fully saturated rings. The Morgan fingerprint density at radius 3 is 2.41 bits per heavy atom. The maximum atomic E-state index is 12.5. The topological polar surface area (TPSA) is 46.2 Å². The van der Waals surface area contributed by atoms with Crippen LogP contribution in [-0.4, -0.2) is 13.6 Å². The first-order valence-electron chi connectivity index (χ1n) is 4.40. The van der Waals surface area contributed by atoms with Gasteiger partial charge in [0.1, 0.15) is 5.21 Å². The Hall–Kier alpha value is -0.950. The average molecular weight is 288 g/mol. The second kappa shape index (κ2) is 4.73. The van der Waals surface area contributed by atoms with Crippen molar-refractivity contribution < 1.29 is 21.6 Å². The molecule has 0 radical (unpaired) electrons. The summed E-state index contributed by atoms with van der Waals surface area (Å²) in [6.07, 6.45) is -4.52. The molecule has 1 rings (SSSR count). The number of hydrogen-bond acceptors (Lipinski definition) is 2. The molecule has 0 aliphatic heterocycles.